The van der Waals surface area contributed by atoms with Crippen LogP contribution in [0.2, 0.25) is 0 Å². The van der Waals surface area contributed by atoms with Crippen LogP contribution in [-0.4, -0.2) is 29.9 Å². The van der Waals surface area contributed by atoms with Gasteiger partial charge in [-0.25, -0.2) is 0 Å². The molecule has 0 saturated carbocycles. The molecule has 0 spiro atoms. The van der Waals surface area contributed by atoms with Crippen LogP contribution in [0, 0.1) is 5.92 Å². The van der Waals surface area contributed by atoms with Gasteiger partial charge in [0.05, 0.1) is 6.04 Å². The fraction of sp³-hybridized carbons (Fsp3) is 0.435. The Labute approximate surface area is 187 Å². The Morgan fingerprint density at radius 2 is 1.62 bits per heavy atom. The first-order valence-electron chi connectivity index (χ1n) is 9.98. The van der Waals surface area contributed by atoms with Crippen molar-refractivity contribution in [3.63, 3.8) is 0 Å². The van der Waals surface area contributed by atoms with Crippen molar-refractivity contribution >= 4 is 30.7 Å². The van der Waals surface area contributed by atoms with Crippen molar-refractivity contribution in [1.29, 1.82) is 0 Å². The lowest BCUT2D eigenvalue weighted by atomic mass is 9.98. The number of likely N-dealkylation sites (tertiary alicyclic amines) is 1. The molecule has 0 radical (unpaired) electrons. The summed E-state index contributed by atoms with van der Waals surface area (Å²) in [6.07, 6.45) is 3.10. The van der Waals surface area contributed by atoms with E-state index < -0.39 is 6.04 Å². The molecular weight excluding hydrogens is 405 g/mol. The van der Waals surface area contributed by atoms with Gasteiger partial charge < -0.3 is 11.1 Å². The van der Waals surface area contributed by atoms with E-state index in [9.17, 15) is 4.79 Å². The average molecular weight is 438 g/mol. The molecule has 6 heteroatoms. The molecular formula is C23H33Cl2N3O. The number of carbonyl (C=O) groups is 1. The molecule has 3 rings (SSSR count). The van der Waals surface area contributed by atoms with Crippen LogP contribution in [0.5, 0.6) is 0 Å². The maximum Gasteiger partial charge on any atom is 0.237 e. The molecule has 1 fully saturated rings. The second kappa shape index (κ2) is 12.9. The Bertz CT molecular complexity index is 734. The first-order chi connectivity index (χ1) is 13.1. The number of benzene rings is 2. The van der Waals surface area contributed by atoms with Gasteiger partial charge in [-0.15, -0.1) is 24.8 Å². The molecule has 4 nitrogen and oxygen atoms in total. The lowest BCUT2D eigenvalue weighted by molar-refractivity contribution is -0.122. The summed E-state index contributed by atoms with van der Waals surface area (Å²) in [5.41, 5.74) is 9.65. The lowest BCUT2D eigenvalue weighted by Crippen LogP contribution is -2.41. The number of rotatable bonds is 7. The van der Waals surface area contributed by atoms with Crippen LogP contribution in [-0.2, 0) is 24.3 Å². The standard InChI is InChI=1S/C23H31N3O.2ClH/c1-18-11-13-26(14-12-18)17-21-10-6-5-9-20(21)16-25-23(27)22(24)15-19-7-3-2-4-8-19;;/h2-10,18,22H,11-17,24H2,1H3,(H,25,27);2*1H. The van der Waals surface area contributed by atoms with Gasteiger partial charge in [0.2, 0.25) is 5.91 Å². The third-order valence-corrected chi connectivity index (χ3v) is 5.48. The Balaban J connectivity index is 0.00000210. The van der Waals surface area contributed by atoms with Crippen molar-refractivity contribution in [3.05, 3.63) is 71.3 Å². The summed E-state index contributed by atoms with van der Waals surface area (Å²) in [6, 6.07) is 17.8. The topological polar surface area (TPSA) is 58.4 Å². The van der Waals surface area contributed by atoms with Crippen LogP contribution in [0.1, 0.15) is 36.5 Å². The van der Waals surface area contributed by atoms with Gasteiger partial charge in [-0.05, 0) is 55.0 Å². The van der Waals surface area contributed by atoms with Crippen molar-refractivity contribution in [3.8, 4) is 0 Å². The van der Waals surface area contributed by atoms with Crippen molar-refractivity contribution in [2.45, 2.75) is 45.3 Å². The normalized spacial score (nSPS) is 15.7. The Morgan fingerprint density at radius 1 is 1.03 bits per heavy atom. The van der Waals surface area contributed by atoms with Gasteiger partial charge in [0.25, 0.3) is 0 Å². The second-order valence-electron chi connectivity index (χ2n) is 7.74. The number of hydrogen-bond donors (Lipinski definition) is 2. The minimum absolute atomic E-state index is 0. The maximum absolute atomic E-state index is 12.4. The van der Waals surface area contributed by atoms with E-state index in [-0.39, 0.29) is 30.7 Å². The average Bonchev–Trinajstić information content (AvgIpc) is 2.69. The summed E-state index contributed by atoms with van der Waals surface area (Å²) < 4.78 is 0. The number of piperidine rings is 1. The minimum atomic E-state index is -0.525. The van der Waals surface area contributed by atoms with Crippen molar-refractivity contribution in [1.82, 2.24) is 10.2 Å². The van der Waals surface area contributed by atoms with E-state index in [1.54, 1.807) is 0 Å². The van der Waals surface area contributed by atoms with Gasteiger partial charge in [0.15, 0.2) is 0 Å². The smallest absolute Gasteiger partial charge is 0.237 e. The molecule has 1 saturated heterocycles. The minimum Gasteiger partial charge on any atom is -0.351 e. The summed E-state index contributed by atoms with van der Waals surface area (Å²) in [4.78, 5) is 14.9. The Kier molecular flexibility index (Phi) is 11.3. The number of hydrogen-bond acceptors (Lipinski definition) is 3. The molecule has 0 aliphatic carbocycles. The van der Waals surface area contributed by atoms with E-state index in [0.717, 1.165) is 31.1 Å². The summed E-state index contributed by atoms with van der Waals surface area (Å²) in [5, 5.41) is 3.02. The van der Waals surface area contributed by atoms with Gasteiger partial charge in [-0.2, -0.15) is 0 Å². The van der Waals surface area contributed by atoms with E-state index in [1.807, 2.05) is 36.4 Å². The zero-order valence-corrected chi connectivity index (χ0v) is 18.7. The molecule has 29 heavy (non-hydrogen) atoms. The van der Waals surface area contributed by atoms with E-state index in [2.05, 4.69) is 35.3 Å². The largest absolute Gasteiger partial charge is 0.351 e. The number of carbonyl (C=O) groups excluding carboxylic acids is 1. The third-order valence-electron chi connectivity index (χ3n) is 5.48. The van der Waals surface area contributed by atoms with Crippen molar-refractivity contribution < 1.29 is 4.79 Å². The predicted molar refractivity (Wildman–Crippen MR) is 125 cm³/mol. The van der Waals surface area contributed by atoms with Crippen LogP contribution >= 0.6 is 24.8 Å². The number of nitrogens with zero attached hydrogens (tertiary/aromatic N) is 1. The van der Waals surface area contributed by atoms with Gasteiger partial charge in [-0.3, -0.25) is 9.69 Å². The van der Waals surface area contributed by atoms with E-state index >= 15 is 0 Å². The highest BCUT2D eigenvalue weighted by Crippen LogP contribution is 2.19. The fourth-order valence-electron chi connectivity index (χ4n) is 3.62. The number of nitrogens with two attached hydrogens (primary N) is 1. The van der Waals surface area contributed by atoms with E-state index in [0.29, 0.717) is 13.0 Å². The first-order valence-corrected chi connectivity index (χ1v) is 9.98. The second-order valence-corrected chi connectivity index (χ2v) is 7.74. The van der Waals surface area contributed by atoms with Gasteiger partial charge in [-0.1, -0.05) is 61.5 Å². The Morgan fingerprint density at radius 3 is 2.28 bits per heavy atom. The summed E-state index contributed by atoms with van der Waals surface area (Å²) in [6.45, 7) is 6.13. The quantitative estimate of drug-likeness (QED) is 0.689. The summed E-state index contributed by atoms with van der Waals surface area (Å²) in [5.74, 6) is 0.738. The molecule has 1 amide bonds. The molecule has 3 N–H and O–H groups in total. The SMILES string of the molecule is CC1CCN(Cc2ccccc2CNC(=O)C(N)Cc2ccccc2)CC1.Cl.Cl. The van der Waals surface area contributed by atoms with Crippen molar-refractivity contribution in [2.24, 2.45) is 11.7 Å². The molecule has 1 unspecified atom stereocenters. The predicted octanol–water partition coefficient (Wildman–Crippen LogP) is 3.95. The van der Waals surface area contributed by atoms with Crippen LogP contribution < -0.4 is 11.1 Å². The fourth-order valence-corrected chi connectivity index (χ4v) is 3.62. The molecule has 0 aromatic heterocycles. The highest BCUT2D eigenvalue weighted by atomic mass is 35.5. The molecule has 1 aliphatic heterocycles. The number of nitrogens with one attached hydrogen (secondary N) is 1. The monoisotopic (exact) mass is 437 g/mol. The van der Waals surface area contributed by atoms with Gasteiger partial charge in [0.1, 0.15) is 0 Å². The number of halogens is 2. The third kappa shape index (κ3) is 7.98. The molecule has 2 aromatic carbocycles. The van der Waals surface area contributed by atoms with Crippen molar-refractivity contribution in [2.75, 3.05) is 13.1 Å². The highest BCUT2D eigenvalue weighted by molar-refractivity contribution is 5.85. The Hall–Kier alpha value is -1.59. The lowest BCUT2D eigenvalue weighted by Gasteiger charge is -2.30. The van der Waals surface area contributed by atoms with Crippen LogP contribution in [0.3, 0.4) is 0 Å². The molecule has 0 bridgehead atoms. The molecule has 1 atom stereocenters. The molecule has 160 valence electrons. The van der Waals surface area contributed by atoms with Crippen LogP contribution in [0.15, 0.2) is 54.6 Å². The highest BCUT2D eigenvalue weighted by Gasteiger charge is 2.18. The summed E-state index contributed by atoms with van der Waals surface area (Å²) in [7, 11) is 0. The molecule has 1 heterocycles. The first kappa shape index (κ1) is 25.4. The van der Waals surface area contributed by atoms with Gasteiger partial charge in [0, 0.05) is 13.1 Å². The van der Waals surface area contributed by atoms with E-state index in [4.69, 9.17) is 5.73 Å². The number of amides is 1. The molecule has 1 aliphatic rings. The van der Waals surface area contributed by atoms with Crippen LogP contribution in [0.25, 0.3) is 0 Å². The molecule has 2 aromatic rings. The van der Waals surface area contributed by atoms with Crippen LogP contribution in [0.4, 0.5) is 0 Å². The zero-order valence-electron chi connectivity index (χ0n) is 17.0. The zero-order chi connectivity index (χ0) is 19.1. The van der Waals surface area contributed by atoms with E-state index in [1.165, 1.54) is 24.0 Å². The maximum atomic E-state index is 12.4. The summed E-state index contributed by atoms with van der Waals surface area (Å²) >= 11 is 0. The van der Waals surface area contributed by atoms with Gasteiger partial charge >= 0.3 is 0 Å².